The van der Waals surface area contributed by atoms with Crippen LogP contribution in [0, 0.1) is 10.2 Å². The highest BCUT2D eigenvalue weighted by Crippen LogP contribution is 2.14. The Labute approximate surface area is 178 Å². The van der Waals surface area contributed by atoms with E-state index in [1.807, 2.05) is 56.7 Å². The number of aromatic nitrogens is 1. The Morgan fingerprint density at radius 3 is 2.03 bits per heavy atom. The SMILES string of the molecule is CN(C)c1ccc(C=Cc2cccc[n+]2OCc2ccccc2)cc1.[O-][Cl+3]([O-])([O-])[O-]. The standard InChI is InChI=1S/C22H23N2O.ClHO4/c1-23(2)21-14-11-19(12-15-21)13-16-22-10-6-7-17-24(22)25-18-20-8-4-3-5-9-20;2-1(3,4)5/h3-17H,18H2,1-2H3;(H,2,3,4,5)/q+1;/p-1. The smallest absolute Gasteiger partial charge is 0.257 e. The van der Waals surface area contributed by atoms with Gasteiger partial charge in [-0.2, -0.15) is 0 Å². The first-order valence-electron chi connectivity index (χ1n) is 8.97. The molecule has 0 spiro atoms. The summed E-state index contributed by atoms with van der Waals surface area (Å²) in [5, 5.41) is 0. The molecule has 0 fully saturated rings. The van der Waals surface area contributed by atoms with E-state index >= 15 is 0 Å². The second kappa shape index (κ2) is 11.3. The van der Waals surface area contributed by atoms with Crippen LogP contribution in [0.3, 0.4) is 0 Å². The van der Waals surface area contributed by atoms with Gasteiger partial charge in [0.2, 0.25) is 6.20 Å². The number of nitrogens with zero attached hydrogens (tertiary/aromatic N) is 2. The Morgan fingerprint density at radius 2 is 1.43 bits per heavy atom. The Balaban J connectivity index is 0.000000575. The van der Waals surface area contributed by atoms with Crippen molar-refractivity contribution in [2.75, 3.05) is 19.0 Å². The van der Waals surface area contributed by atoms with Crippen LogP contribution in [-0.2, 0) is 6.61 Å². The van der Waals surface area contributed by atoms with E-state index in [1.165, 1.54) is 5.69 Å². The zero-order valence-corrected chi connectivity index (χ0v) is 17.4. The van der Waals surface area contributed by atoms with Crippen LogP contribution >= 0.6 is 0 Å². The molecule has 158 valence electrons. The molecule has 1 aromatic heterocycles. The fraction of sp³-hybridized carbons (Fsp3) is 0.136. The molecule has 0 radical (unpaired) electrons. The molecule has 0 saturated carbocycles. The predicted octanol–water partition coefficient (Wildman–Crippen LogP) is -0.917. The summed E-state index contributed by atoms with van der Waals surface area (Å²) in [6, 6.07) is 24.6. The van der Waals surface area contributed by atoms with E-state index in [-0.39, 0.29) is 0 Å². The van der Waals surface area contributed by atoms with Crippen LogP contribution in [0.1, 0.15) is 16.8 Å². The van der Waals surface area contributed by atoms with Gasteiger partial charge in [0.1, 0.15) is 0 Å². The Bertz CT molecular complexity index is 920. The lowest BCUT2D eigenvalue weighted by Crippen LogP contribution is -2.68. The van der Waals surface area contributed by atoms with Crippen LogP contribution in [-0.4, -0.2) is 14.1 Å². The Kier molecular flexibility index (Phi) is 8.79. The molecule has 0 N–H and O–H groups in total. The Morgan fingerprint density at radius 1 is 0.833 bits per heavy atom. The highest BCUT2D eigenvalue weighted by molar-refractivity contribution is 5.68. The molecule has 2 aromatic carbocycles. The van der Waals surface area contributed by atoms with Crippen molar-refractivity contribution in [3.8, 4) is 0 Å². The van der Waals surface area contributed by atoms with Crippen molar-refractivity contribution in [1.82, 2.24) is 0 Å². The van der Waals surface area contributed by atoms with Gasteiger partial charge in [0.25, 0.3) is 5.69 Å². The summed E-state index contributed by atoms with van der Waals surface area (Å²) in [5.74, 6) is 0. The second-order valence-electron chi connectivity index (χ2n) is 6.41. The van der Waals surface area contributed by atoms with Gasteiger partial charge < -0.3 is 4.90 Å². The van der Waals surface area contributed by atoms with Gasteiger partial charge in [0.05, 0.1) is 0 Å². The fourth-order valence-corrected chi connectivity index (χ4v) is 2.47. The molecule has 30 heavy (non-hydrogen) atoms. The fourth-order valence-electron chi connectivity index (χ4n) is 2.47. The molecule has 3 aromatic rings. The minimum Gasteiger partial charge on any atom is -0.378 e. The van der Waals surface area contributed by atoms with Crippen LogP contribution in [0.5, 0.6) is 0 Å². The summed E-state index contributed by atoms with van der Waals surface area (Å²) >= 11 is 0. The molecule has 0 saturated heterocycles. The first-order valence-corrected chi connectivity index (χ1v) is 10.2. The quantitative estimate of drug-likeness (QED) is 0.468. The molecule has 0 atom stereocenters. The average Bonchev–Trinajstić information content (AvgIpc) is 2.71. The molecule has 0 amide bonds. The van der Waals surface area contributed by atoms with Crippen molar-refractivity contribution >= 4 is 17.8 Å². The highest BCUT2D eigenvalue weighted by Gasteiger charge is 2.08. The Hall–Kier alpha value is -2.94. The molecule has 0 aliphatic rings. The predicted molar refractivity (Wildman–Crippen MR) is 103 cm³/mol. The zero-order valence-electron chi connectivity index (χ0n) is 16.7. The summed E-state index contributed by atoms with van der Waals surface area (Å²) in [6.45, 7) is 0.536. The first kappa shape index (κ1) is 23.3. The number of halogens is 1. The van der Waals surface area contributed by atoms with Gasteiger partial charge >= 0.3 is 0 Å². The van der Waals surface area contributed by atoms with Crippen molar-refractivity contribution < 1.29 is 38.4 Å². The number of pyridine rings is 1. The van der Waals surface area contributed by atoms with E-state index in [4.69, 9.17) is 23.5 Å². The topological polar surface area (TPSA) is 109 Å². The van der Waals surface area contributed by atoms with Gasteiger partial charge in [0.15, 0.2) is 6.61 Å². The summed E-state index contributed by atoms with van der Waals surface area (Å²) in [6.07, 6.45) is 6.09. The molecule has 8 heteroatoms. The molecular weight excluding hydrogens is 408 g/mol. The molecule has 0 aliphatic carbocycles. The van der Waals surface area contributed by atoms with Gasteiger partial charge in [-0.1, -0.05) is 42.5 Å². The van der Waals surface area contributed by atoms with Gasteiger partial charge in [-0.15, -0.1) is 10.2 Å². The van der Waals surface area contributed by atoms with E-state index < -0.39 is 10.2 Å². The minimum atomic E-state index is -4.94. The summed E-state index contributed by atoms with van der Waals surface area (Å²) in [4.78, 5) is 8.01. The molecule has 0 bridgehead atoms. The van der Waals surface area contributed by atoms with Crippen molar-refractivity contribution in [1.29, 1.82) is 0 Å². The summed E-state index contributed by atoms with van der Waals surface area (Å²) in [5.41, 5.74) is 4.49. The van der Waals surface area contributed by atoms with E-state index in [1.54, 1.807) is 4.73 Å². The zero-order chi connectivity index (χ0) is 22.0. The van der Waals surface area contributed by atoms with E-state index in [2.05, 4.69) is 53.5 Å². The van der Waals surface area contributed by atoms with Crippen LogP contribution in [0.15, 0.2) is 79.0 Å². The van der Waals surface area contributed by atoms with Gasteiger partial charge in [0, 0.05) is 42.7 Å². The van der Waals surface area contributed by atoms with Crippen molar-refractivity contribution in [2.24, 2.45) is 0 Å². The minimum absolute atomic E-state index is 0.536. The normalized spacial score (nSPS) is 11.0. The van der Waals surface area contributed by atoms with Crippen molar-refractivity contribution in [3.05, 3.63) is 95.8 Å². The average molecular weight is 431 g/mol. The van der Waals surface area contributed by atoms with E-state index in [0.29, 0.717) is 6.61 Å². The van der Waals surface area contributed by atoms with Crippen LogP contribution in [0.25, 0.3) is 12.2 Å². The maximum atomic E-state index is 8.49. The maximum Gasteiger partial charge on any atom is 0.257 e. The largest absolute Gasteiger partial charge is 0.378 e. The van der Waals surface area contributed by atoms with Crippen molar-refractivity contribution in [3.63, 3.8) is 0 Å². The lowest BCUT2D eigenvalue weighted by atomic mass is 10.1. The molecule has 0 unspecified atom stereocenters. The van der Waals surface area contributed by atoms with Gasteiger partial charge in [-0.25, -0.2) is 18.6 Å². The first-order chi connectivity index (χ1) is 14.2. The molecule has 1 heterocycles. The van der Waals surface area contributed by atoms with E-state index in [0.717, 1.165) is 16.8 Å². The molecule has 7 nitrogen and oxygen atoms in total. The van der Waals surface area contributed by atoms with Crippen LogP contribution in [0.4, 0.5) is 5.69 Å². The summed E-state index contributed by atoms with van der Waals surface area (Å²) in [7, 11) is -0.858. The maximum absolute atomic E-state index is 8.49. The highest BCUT2D eigenvalue weighted by atomic mass is 35.7. The van der Waals surface area contributed by atoms with Crippen LogP contribution in [0.2, 0.25) is 0 Å². The number of benzene rings is 2. The van der Waals surface area contributed by atoms with Crippen molar-refractivity contribution in [2.45, 2.75) is 6.61 Å². The molecule has 3 rings (SSSR count). The number of hydrogen-bond acceptors (Lipinski definition) is 6. The van der Waals surface area contributed by atoms with E-state index in [9.17, 15) is 0 Å². The third kappa shape index (κ3) is 9.04. The number of anilines is 1. The second-order valence-corrected chi connectivity index (χ2v) is 7.16. The van der Waals surface area contributed by atoms with Gasteiger partial charge in [-0.05, 0) is 35.4 Å². The number of hydrogen-bond donors (Lipinski definition) is 0. The van der Waals surface area contributed by atoms with Gasteiger partial charge in [-0.3, -0.25) is 4.84 Å². The monoisotopic (exact) mass is 430 g/mol. The van der Waals surface area contributed by atoms with Crippen LogP contribution < -0.4 is 33.1 Å². The molecular formula is C22H23ClN2O5. The number of rotatable bonds is 6. The third-order valence-electron chi connectivity index (χ3n) is 3.92. The molecule has 0 aliphatic heterocycles. The summed E-state index contributed by atoms with van der Waals surface area (Å²) < 4.78 is 35.8. The lowest BCUT2D eigenvalue weighted by molar-refractivity contribution is -2.00. The lowest BCUT2D eigenvalue weighted by Gasteiger charge is -2.17. The third-order valence-corrected chi connectivity index (χ3v) is 3.92.